The lowest BCUT2D eigenvalue weighted by atomic mass is 9.77. The highest BCUT2D eigenvalue weighted by atomic mass is 32.2. The van der Waals surface area contributed by atoms with Gasteiger partial charge in [0.2, 0.25) is 0 Å². The lowest BCUT2D eigenvalue weighted by Crippen LogP contribution is -2.52. The number of alkyl halides is 3. The van der Waals surface area contributed by atoms with Crippen LogP contribution in [-0.4, -0.2) is 91.0 Å². The Kier molecular flexibility index (Phi) is 9.75. The van der Waals surface area contributed by atoms with Gasteiger partial charge in [-0.3, -0.25) is 20.2 Å². The number of urea groups is 2. The molecule has 11 nitrogen and oxygen atoms in total. The number of halogens is 3. The van der Waals surface area contributed by atoms with Crippen molar-refractivity contribution < 1.29 is 27.6 Å². The minimum Gasteiger partial charge on any atom is -0.338 e. The van der Waals surface area contributed by atoms with E-state index >= 15 is 0 Å². The van der Waals surface area contributed by atoms with Gasteiger partial charge < -0.3 is 20.9 Å². The monoisotopic (exact) mass is 572 g/mol. The number of aliphatic imine (C=N–C) groups is 2. The highest BCUT2D eigenvalue weighted by Gasteiger charge is 2.46. The highest BCUT2D eigenvalue weighted by molar-refractivity contribution is 8.14. The van der Waals surface area contributed by atoms with Crippen LogP contribution in [0, 0.1) is 17.8 Å². The van der Waals surface area contributed by atoms with Gasteiger partial charge in [0, 0.05) is 62.1 Å². The summed E-state index contributed by atoms with van der Waals surface area (Å²) in [4.78, 5) is 47.4. The van der Waals surface area contributed by atoms with Crippen molar-refractivity contribution in [1.29, 1.82) is 0 Å². The Hall–Kier alpha value is -2.81. The minimum absolute atomic E-state index is 0.184. The molecule has 0 aliphatic carbocycles. The van der Waals surface area contributed by atoms with Crippen molar-refractivity contribution in [2.75, 3.05) is 38.5 Å². The van der Waals surface area contributed by atoms with Crippen LogP contribution in [0.5, 0.6) is 0 Å². The van der Waals surface area contributed by atoms with Crippen LogP contribution in [-0.2, 0) is 4.79 Å². The number of likely N-dealkylation sites (tertiary alicyclic amines) is 1. The number of hydrazine groups is 1. The van der Waals surface area contributed by atoms with Crippen molar-refractivity contribution in [1.82, 2.24) is 31.7 Å². The maximum Gasteiger partial charge on any atom is 0.411 e. The Morgan fingerprint density at radius 2 is 1.95 bits per heavy atom. The van der Waals surface area contributed by atoms with Gasteiger partial charge in [0.15, 0.2) is 6.04 Å². The first kappa shape index (κ1) is 29.2. The number of thioether (sulfide) groups is 1. The number of amides is 5. The van der Waals surface area contributed by atoms with E-state index in [4.69, 9.17) is 0 Å². The number of nitrogens with zero attached hydrogens (tertiary/aromatic N) is 3. The number of hydrogen-bond donors (Lipinski definition) is 5. The number of carbonyl (C=O) groups is 3. The van der Waals surface area contributed by atoms with E-state index in [1.807, 2.05) is 0 Å². The van der Waals surface area contributed by atoms with Crippen LogP contribution in [0.25, 0.3) is 0 Å². The van der Waals surface area contributed by atoms with Crippen molar-refractivity contribution in [2.24, 2.45) is 27.7 Å². The molecule has 15 heteroatoms. The molecule has 5 unspecified atom stereocenters. The average Bonchev–Trinajstić information content (AvgIpc) is 3.43. The second-order valence-corrected chi connectivity index (χ2v) is 11.0. The Morgan fingerprint density at radius 3 is 2.64 bits per heavy atom. The van der Waals surface area contributed by atoms with Crippen molar-refractivity contribution in [3.8, 4) is 0 Å². The van der Waals surface area contributed by atoms with Gasteiger partial charge in [0.05, 0.1) is 5.04 Å². The molecule has 0 bridgehead atoms. The first-order valence-corrected chi connectivity index (χ1v) is 14.3. The summed E-state index contributed by atoms with van der Waals surface area (Å²) in [5, 5.41) is 8.96. The molecule has 0 radical (unpaired) electrons. The van der Waals surface area contributed by atoms with E-state index in [1.54, 1.807) is 24.1 Å². The van der Waals surface area contributed by atoms with E-state index in [0.29, 0.717) is 36.8 Å². The van der Waals surface area contributed by atoms with Crippen molar-refractivity contribution in [2.45, 2.75) is 51.0 Å². The van der Waals surface area contributed by atoms with Gasteiger partial charge in [-0.1, -0.05) is 6.08 Å². The fourth-order valence-electron chi connectivity index (χ4n) is 5.18. The maximum absolute atomic E-state index is 13.4. The molecule has 0 aromatic rings. The van der Waals surface area contributed by atoms with Crippen LogP contribution >= 0.6 is 11.8 Å². The molecule has 4 aliphatic rings. The number of piperidine rings is 1. The van der Waals surface area contributed by atoms with E-state index in [9.17, 15) is 27.6 Å². The number of nitrogens with one attached hydrogen (secondary N) is 5. The summed E-state index contributed by atoms with van der Waals surface area (Å²) in [6, 6.07) is -2.53. The molecule has 4 aliphatic heterocycles. The van der Waals surface area contributed by atoms with Crippen molar-refractivity contribution in [3.05, 3.63) is 11.6 Å². The summed E-state index contributed by atoms with van der Waals surface area (Å²) in [6.07, 6.45) is 1.63. The van der Waals surface area contributed by atoms with Gasteiger partial charge in [0.25, 0.3) is 5.91 Å². The Labute approximate surface area is 229 Å². The summed E-state index contributed by atoms with van der Waals surface area (Å²) >= 11 is 1.08. The van der Waals surface area contributed by atoms with E-state index < -0.39 is 36.2 Å². The molecule has 5 amide bonds. The largest absolute Gasteiger partial charge is 0.411 e. The van der Waals surface area contributed by atoms with Gasteiger partial charge in [-0.05, 0) is 38.5 Å². The Balaban J connectivity index is 1.47. The van der Waals surface area contributed by atoms with E-state index in [0.717, 1.165) is 31.0 Å². The Morgan fingerprint density at radius 1 is 1.18 bits per heavy atom. The third-order valence-corrected chi connectivity index (χ3v) is 8.39. The quantitative estimate of drug-likeness (QED) is 0.320. The van der Waals surface area contributed by atoms with E-state index in [2.05, 4.69) is 36.8 Å². The molecule has 4 heterocycles. The standard InChI is InChI=1S/C24H35F3N8O3S/c1-2-29-22(37)32-19-9-16(21-31-18(13-39-21)24(25,26)27)17(12-30-19)14-8-15(11-28-10-14)20(36)33-34-23(38)35-6-4-3-5-7-35/h8,12,14,16-19,28H,2-7,9-11,13H2,1H3,(H,33,36)(H,34,38)(H2,29,32,37). The SMILES string of the molecule is CCNC(=O)NC1CC(C2=NC(C(F)(F)F)CS2)C(C2C=C(C(=O)NNC(=O)N3CCCCC3)CNC2)C=N1. The number of hydrogen-bond acceptors (Lipinski definition) is 7. The fourth-order valence-corrected chi connectivity index (χ4v) is 6.44. The topological polar surface area (TPSA) is 139 Å². The third kappa shape index (κ3) is 7.65. The number of carbonyl (C=O) groups excluding carboxylic acids is 3. The molecule has 4 rings (SSSR count). The molecule has 0 saturated carbocycles. The summed E-state index contributed by atoms with van der Waals surface area (Å²) in [5.74, 6) is -1.66. The van der Waals surface area contributed by atoms with Crippen LogP contribution in [0.15, 0.2) is 21.6 Å². The average molecular weight is 573 g/mol. The van der Waals surface area contributed by atoms with E-state index in [1.165, 1.54) is 0 Å². The van der Waals surface area contributed by atoms with Crippen molar-refractivity contribution >= 4 is 41.0 Å². The van der Waals surface area contributed by atoms with Gasteiger partial charge in [0.1, 0.15) is 6.17 Å². The normalized spacial score (nSPS) is 29.2. The summed E-state index contributed by atoms with van der Waals surface area (Å²) < 4.78 is 40.1. The molecule has 0 spiro atoms. The first-order valence-electron chi connectivity index (χ1n) is 13.3. The third-order valence-electron chi connectivity index (χ3n) is 7.21. The molecule has 1 saturated heterocycles. The number of rotatable bonds is 5. The predicted molar refractivity (Wildman–Crippen MR) is 142 cm³/mol. The molecule has 39 heavy (non-hydrogen) atoms. The summed E-state index contributed by atoms with van der Waals surface area (Å²) in [6.45, 7) is 4.25. The zero-order valence-corrected chi connectivity index (χ0v) is 22.5. The smallest absolute Gasteiger partial charge is 0.338 e. The summed E-state index contributed by atoms with van der Waals surface area (Å²) in [5.41, 5.74) is 5.35. The van der Waals surface area contributed by atoms with Gasteiger partial charge in [-0.2, -0.15) is 13.2 Å². The van der Waals surface area contributed by atoms with E-state index in [-0.39, 0.29) is 36.6 Å². The molecule has 5 atom stereocenters. The molecule has 0 aromatic heterocycles. The molecule has 0 aromatic carbocycles. The van der Waals surface area contributed by atoms with Gasteiger partial charge >= 0.3 is 18.2 Å². The second kappa shape index (κ2) is 13.0. The van der Waals surface area contributed by atoms with Crippen LogP contribution in [0.1, 0.15) is 32.6 Å². The van der Waals surface area contributed by atoms with Crippen LogP contribution in [0.2, 0.25) is 0 Å². The van der Waals surface area contributed by atoms with Crippen molar-refractivity contribution in [3.63, 3.8) is 0 Å². The second-order valence-electron chi connectivity index (χ2n) is 9.99. The summed E-state index contributed by atoms with van der Waals surface area (Å²) in [7, 11) is 0. The lowest BCUT2D eigenvalue weighted by Gasteiger charge is -2.36. The van der Waals surface area contributed by atoms with Crippen LogP contribution in [0.4, 0.5) is 22.8 Å². The molecular formula is C24H35F3N8O3S. The Bertz CT molecular complexity index is 1020. The highest BCUT2D eigenvalue weighted by Crippen LogP contribution is 2.40. The molecular weight excluding hydrogens is 537 g/mol. The van der Waals surface area contributed by atoms with Crippen LogP contribution in [0.3, 0.4) is 0 Å². The maximum atomic E-state index is 13.4. The molecule has 216 valence electrons. The minimum atomic E-state index is -4.43. The van der Waals surface area contributed by atoms with Gasteiger partial charge in [-0.25, -0.2) is 15.0 Å². The fraction of sp³-hybridized carbons (Fsp3) is 0.708. The zero-order valence-electron chi connectivity index (χ0n) is 21.7. The molecule has 5 N–H and O–H groups in total. The zero-order chi connectivity index (χ0) is 28.0. The van der Waals surface area contributed by atoms with Crippen LogP contribution < -0.4 is 26.8 Å². The first-order chi connectivity index (χ1) is 18.7. The molecule has 1 fully saturated rings. The lowest BCUT2D eigenvalue weighted by molar-refractivity contribution is -0.141. The predicted octanol–water partition coefficient (Wildman–Crippen LogP) is 1.79. The van der Waals surface area contributed by atoms with Gasteiger partial charge in [-0.15, -0.1) is 11.8 Å².